The van der Waals surface area contributed by atoms with E-state index in [0.29, 0.717) is 10.2 Å². The third-order valence-corrected chi connectivity index (χ3v) is 3.74. The lowest BCUT2D eigenvalue weighted by molar-refractivity contribution is -0.142. The minimum absolute atomic E-state index is 0.181. The first-order valence-corrected chi connectivity index (χ1v) is 6.43. The maximum atomic E-state index is 12.3. The molecule has 0 aliphatic heterocycles. The number of hydrogen-bond acceptors (Lipinski definition) is 4. The Labute approximate surface area is 108 Å². The molecule has 0 aromatic carbocycles. The van der Waals surface area contributed by atoms with Gasteiger partial charge in [-0.3, -0.25) is 9.36 Å². The first-order chi connectivity index (χ1) is 8.41. The van der Waals surface area contributed by atoms with Crippen LogP contribution in [0.25, 0.3) is 10.2 Å². The highest BCUT2D eigenvalue weighted by Crippen LogP contribution is 2.22. The molecule has 0 bridgehead atoms. The highest BCUT2D eigenvalue weighted by atomic mass is 32.1. The number of hydrogen-bond donors (Lipinski definition) is 1. The third kappa shape index (κ3) is 2.03. The molecule has 0 saturated carbocycles. The van der Waals surface area contributed by atoms with Gasteiger partial charge < -0.3 is 5.11 Å². The molecule has 1 atom stereocenters. The second-order valence-electron chi connectivity index (χ2n) is 4.56. The summed E-state index contributed by atoms with van der Waals surface area (Å²) < 4.78 is 1.21. The summed E-state index contributed by atoms with van der Waals surface area (Å²) in [5.74, 6) is -1.20. The van der Waals surface area contributed by atoms with E-state index >= 15 is 0 Å². The Morgan fingerprint density at radius 1 is 1.50 bits per heavy atom. The predicted molar refractivity (Wildman–Crippen MR) is 70.1 cm³/mol. The topological polar surface area (TPSA) is 72.2 Å². The maximum absolute atomic E-state index is 12.3. The van der Waals surface area contributed by atoms with Crippen molar-refractivity contribution in [3.63, 3.8) is 0 Å². The van der Waals surface area contributed by atoms with E-state index in [1.165, 1.54) is 22.2 Å². The minimum Gasteiger partial charge on any atom is -0.480 e. The monoisotopic (exact) mass is 266 g/mol. The summed E-state index contributed by atoms with van der Waals surface area (Å²) in [5.41, 5.74) is -0.287. The van der Waals surface area contributed by atoms with Crippen molar-refractivity contribution in [2.45, 2.75) is 26.8 Å². The van der Waals surface area contributed by atoms with E-state index in [1.807, 2.05) is 6.92 Å². The van der Waals surface area contributed by atoms with Crippen LogP contribution >= 0.6 is 11.3 Å². The van der Waals surface area contributed by atoms with Crippen LogP contribution in [0.5, 0.6) is 0 Å². The lowest BCUT2D eigenvalue weighted by Gasteiger charge is -2.18. The third-order valence-electron chi connectivity index (χ3n) is 2.78. The summed E-state index contributed by atoms with van der Waals surface area (Å²) in [6, 6.07) is 0.875. The zero-order valence-corrected chi connectivity index (χ0v) is 11.2. The molecule has 0 aliphatic carbocycles. The summed E-state index contributed by atoms with van der Waals surface area (Å²) in [4.78, 5) is 29.3. The van der Waals surface area contributed by atoms with Crippen molar-refractivity contribution in [3.8, 4) is 0 Å². The number of rotatable bonds is 3. The SMILES string of the molecule is Cc1cc2c(=O)n(C(C(=O)O)C(C)C)cnc2s1. The molecule has 0 spiro atoms. The number of nitrogens with zero attached hydrogens (tertiary/aromatic N) is 2. The van der Waals surface area contributed by atoms with Gasteiger partial charge in [0, 0.05) is 4.88 Å². The molecule has 5 nitrogen and oxygen atoms in total. The van der Waals surface area contributed by atoms with E-state index in [4.69, 9.17) is 0 Å². The standard InChI is InChI=1S/C12H14N2O3S/c1-6(2)9(12(16)17)14-5-13-10-8(11(14)15)4-7(3)18-10/h4-6,9H,1-3H3,(H,16,17). The quantitative estimate of drug-likeness (QED) is 0.922. The summed E-state index contributed by atoms with van der Waals surface area (Å²) in [6.07, 6.45) is 1.33. The van der Waals surface area contributed by atoms with Crippen LogP contribution in [0.3, 0.4) is 0 Å². The summed E-state index contributed by atoms with van der Waals surface area (Å²) >= 11 is 1.43. The van der Waals surface area contributed by atoms with Gasteiger partial charge in [-0.1, -0.05) is 13.8 Å². The number of aliphatic carboxylic acids is 1. The molecule has 1 unspecified atom stereocenters. The number of carbonyl (C=O) groups is 1. The van der Waals surface area contributed by atoms with Crippen molar-refractivity contribution in [2.75, 3.05) is 0 Å². The van der Waals surface area contributed by atoms with Gasteiger partial charge in [-0.2, -0.15) is 0 Å². The van der Waals surface area contributed by atoms with E-state index in [1.54, 1.807) is 19.9 Å². The number of aromatic nitrogens is 2. The highest BCUT2D eigenvalue weighted by Gasteiger charge is 2.25. The summed E-state index contributed by atoms with van der Waals surface area (Å²) in [5, 5.41) is 9.71. The average molecular weight is 266 g/mol. The first kappa shape index (κ1) is 12.8. The van der Waals surface area contributed by atoms with Gasteiger partial charge in [-0.25, -0.2) is 9.78 Å². The molecule has 96 valence electrons. The van der Waals surface area contributed by atoms with Gasteiger partial charge in [0.2, 0.25) is 0 Å². The Kier molecular flexibility index (Phi) is 3.21. The van der Waals surface area contributed by atoms with Crippen LogP contribution < -0.4 is 5.56 Å². The van der Waals surface area contributed by atoms with Crippen LogP contribution in [-0.4, -0.2) is 20.6 Å². The zero-order valence-electron chi connectivity index (χ0n) is 10.4. The van der Waals surface area contributed by atoms with E-state index in [2.05, 4.69) is 4.98 Å². The Morgan fingerprint density at radius 2 is 2.17 bits per heavy atom. The van der Waals surface area contributed by atoms with E-state index in [9.17, 15) is 14.7 Å². The molecule has 0 radical (unpaired) electrons. The van der Waals surface area contributed by atoms with Crippen LogP contribution in [0, 0.1) is 12.8 Å². The second-order valence-corrected chi connectivity index (χ2v) is 5.79. The number of carboxylic acids is 1. The zero-order chi connectivity index (χ0) is 13.4. The van der Waals surface area contributed by atoms with Crippen LogP contribution in [0.15, 0.2) is 17.2 Å². The fraction of sp³-hybridized carbons (Fsp3) is 0.417. The van der Waals surface area contributed by atoms with Gasteiger partial charge in [0.15, 0.2) is 0 Å². The number of fused-ring (bicyclic) bond motifs is 1. The number of aryl methyl sites for hydroxylation is 1. The van der Waals surface area contributed by atoms with Gasteiger partial charge in [-0.05, 0) is 18.9 Å². The Morgan fingerprint density at radius 3 is 2.72 bits per heavy atom. The molecule has 0 saturated heterocycles. The number of carboxylic acid groups (broad SMARTS) is 1. The van der Waals surface area contributed by atoms with E-state index < -0.39 is 12.0 Å². The number of thiophene rings is 1. The molecule has 0 aliphatic rings. The Bertz CT molecular complexity index is 657. The lowest BCUT2D eigenvalue weighted by Crippen LogP contribution is -2.33. The predicted octanol–water partition coefficient (Wildman–Crippen LogP) is 2.05. The van der Waals surface area contributed by atoms with Crippen molar-refractivity contribution in [1.82, 2.24) is 9.55 Å². The van der Waals surface area contributed by atoms with Crippen molar-refractivity contribution < 1.29 is 9.90 Å². The molecule has 2 heterocycles. The minimum atomic E-state index is -1.01. The van der Waals surface area contributed by atoms with E-state index in [0.717, 1.165) is 4.88 Å². The van der Waals surface area contributed by atoms with Crippen LogP contribution in [0.4, 0.5) is 0 Å². The van der Waals surface area contributed by atoms with Crippen molar-refractivity contribution in [2.24, 2.45) is 5.92 Å². The molecule has 2 aromatic rings. The molecule has 6 heteroatoms. The van der Waals surface area contributed by atoms with Crippen LogP contribution in [0.2, 0.25) is 0 Å². The normalized spacial score (nSPS) is 13.1. The maximum Gasteiger partial charge on any atom is 0.327 e. The smallest absolute Gasteiger partial charge is 0.327 e. The average Bonchev–Trinajstić information content (AvgIpc) is 2.63. The summed E-state index contributed by atoms with van der Waals surface area (Å²) in [6.45, 7) is 5.44. The molecule has 18 heavy (non-hydrogen) atoms. The van der Waals surface area contributed by atoms with Gasteiger partial charge in [-0.15, -0.1) is 11.3 Å². The van der Waals surface area contributed by atoms with Crippen molar-refractivity contribution in [3.05, 3.63) is 27.6 Å². The first-order valence-electron chi connectivity index (χ1n) is 5.62. The molecule has 0 fully saturated rings. The molecule has 0 amide bonds. The van der Waals surface area contributed by atoms with Crippen LogP contribution in [0.1, 0.15) is 24.8 Å². The fourth-order valence-corrected chi connectivity index (χ4v) is 2.82. The lowest BCUT2D eigenvalue weighted by atomic mass is 10.0. The Balaban J connectivity index is 2.68. The van der Waals surface area contributed by atoms with Gasteiger partial charge in [0.1, 0.15) is 10.9 Å². The Hall–Kier alpha value is -1.69. The van der Waals surface area contributed by atoms with Crippen molar-refractivity contribution >= 4 is 27.5 Å². The summed E-state index contributed by atoms with van der Waals surface area (Å²) in [7, 11) is 0. The van der Waals surface area contributed by atoms with Crippen molar-refractivity contribution in [1.29, 1.82) is 0 Å². The molecule has 2 rings (SSSR count). The van der Waals surface area contributed by atoms with Gasteiger partial charge in [0.25, 0.3) is 5.56 Å². The largest absolute Gasteiger partial charge is 0.480 e. The highest BCUT2D eigenvalue weighted by molar-refractivity contribution is 7.18. The van der Waals surface area contributed by atoms with Crippen LogP contribution in [-0.2, 0) is 4.79 Å². The molecular weight excluding hydrogens is 252 g/mol. The molecule has 1 N–H and O–H groups in total. The van der Waals surface area contributed by atoms with Gasteiger partial charge in [0.05, 0.1) is 11.7 Å². The fourth-order valence-electron chi connectivity index (χ4n) is 1.98. The second kappa shape index (κ2) is 4.53. The van der Waals surface area contributed by atoms with Gasteiger partial charge >= 0.3 is 5.97 Å². The van der Waals surface area contributed by atoms with E-state index in [-0.39, 0.29) is 11.5 Å². The molecule has 2 aromatic heterocycles. The molecular formula is C12H14N2O3S.